The molecule has 0 saturated heterocycles. The van der Waals surface area contributed by atoms with Gasteiger partial charge in [-0.2, -0.15) is 0 Å². The first-order valence-electron chi connectivity index (χ1n) is 4.31. The van der Waals surface area contributed by atoms with E-state index in [1.807, 2.05) is 6.92 Å². The summed E-state index contributed by atoms with van der Waals surface area (Å²) < 4.78 is 10.9. The minimum absolute atomic E-state index is 0.170. The monoisotopic (exact) mass is 170 g/mol. The first kappa shape index (κ1) is 7.58. The summed E-state index contributed by atoms with van der Waals surface area (Å²) in [6.07, 6.45) is 0.170. The fourth-order valence-corrected chi connectivity index (χ4v) is 1.28. The molecule has 2 atom stereocenters. The average Bonchev–Trinajstić information content (AvgIpc) is 2.07. The van der Waals surface area contributed by atoms with Crippen LogP contribution in [0.15, 0.2) is 11.8 Å². The molecular weight excluding hydrogens is 156 g/mol. The van der Waals surface area contributed by atoms with Crippen LogP contribution in [0.1, 0.15) is 13.8 Å². The van der Waals surface area contributed by atoms with Gasteiger partial charge in [-0.15, -0.1) is 0 Å². The van der Waals surface area contributed by atoms with E-state index in [1.54, 1.807) is 0 Å². The third-order valence-corrected chi connectivity index (χ3v) is 2.21. The third kappa shape index (κ3) is 1.17. The van der Waals surface area contributed by atoms with E-state index in [2.05, 4.69) is 17.6 Å². The lowest BCUT2D eigenvalue weighted by Gasteiger charge is -2.34. The van der Waals surface area contributed by atoms with Crippen molar-refractivity contribution in [3.8, 4) is 0 Å². The van der Waals surface area contributed by atoms with Crippen molar-refractivity contribution in [3.05, 3.63) is 11.8 Å². The van der Waals surface area contributed by atoms with Crippen molar-refractivity contribution in [2.75, 3.05) is 13.2 Å². The van der Waals surface area contributed by atoms with Crippen LogP contribution in [0.4, 0.5) is 0 Å². The van der Waals surface area contributed by atoms with Gasteiger partial charge in [0.25, 0.3) is 0 Å². The maximum atomic E-state index is 5.53. The van der Waals surface area contributed by atoms with Crippen molar-refractivity contribution in [1.29, 1.82) is 0 Å². The van der Waals surface area contributed by atoms with Crippen molar-refractivity contribution in [2.24, 2.45) is 0 Å². The van der Waals surface area contributed by atoms with Gasteiger partial charge in [0.2, 0.25) is 0 Å². The molecule has 0 aliphatic carbocycles. The highest BCUT2D eigenvalue weighted by atomic mass is 16.7. The largest absolute Gasteiger partial charge is 0.461 e. The minimum atomic E-state index is 0.170. The van der Waals surface area contributed by atoms with Gasteiger partial charge in [0.05, 0.1) is 12.6 Å². The molecule has 0 spiro atoms. The zero-order valence-electron chi connectivity index (χ0n) is 7.39. The molecule has 2 heterocycles. The highest BCUT2D eigenvalue weighted by molar-refractivity contribution is 5.07. The van der Waals surface area contributed by atoms with Crippen molar-refractivity contribution < 1.29 is 9.47 Å². The fourth-order valence-electron chi connectivity index (χ4n) is 1.28. The van der Waals surface area contributed by atoms with Crippen LogP contribution in [0.5, 0.6) is 0 Å². The van der Waals surface area contributed by atoms with Gasteiger partial charge >= 0.3 is 5.95 Å². The summed E-state index contributed by atoms with van der Waals surface area (Å²) in [6, 6.07) is 0.331. The van der Waals surface area contributed by atoms with Crippen LogP contribution in [0.2, 0.25) is 0 Å². The molecule has 68 valence electrons. The van der Waals surface area contributed by atoms with Crippen LogP contribution >= 0.6 is 0 Å². The lowest BCUT2D eigenvalue weighted by molar-refractivity contribution is -0.0420. The zero-order chi connectivity index (χ0) is 8.55. The topological polar surface area (TPSA) is 42.5 Å². The van der Waals surface area contributed by atoms with Crippen LogP contribution in [0.25, 0.3) is 0 Å². The van der Waals surface area contributed by atoms with Gasteiger partial charge in [-0.25, -0.2) is 0 Å². The predicted molar refractivity (Wildman–Crippen MR) is 44.1 cm³/mol. The van der Waals surface area contributed by atoms with E-state index in [0.717, 1.165) is 12.4 Å². The average molecular weight is 170 g/mol. The van der Waals surface area contributed by atoms with E-state index in [1.165, 1.54) is 0 Å². The molecular formula is C8H14N2O2. The van der Waals surface area contributed by atoms with Crippen molar-refractivity contribution in [1.82, 2.24) is 10.6 Å². The second-order valence-corrected chi connectivity index (χ2v) is 3.19. The second kappa shape index (κ2) is 2.77. The molecule has 2 aliphatic rings. The SMILES string of the molecule is CC1NC2=C(OCCN2)OC1C. The minimum Gasteiger partial charge on any atom is -0.461 e. The standard InChI is InChI=1S/C8H14N2O2/c1-5-6(2)12-8-7(10-5)9-3-4-11-8/h5-6,9-10H,3-4H2,1-2H3. The Bertz CT molecular complexity index is 193. The summed E-state index contributed by atoms with van der Waals surface area (Å²) >= 11 is 0. The molecule has 0 radical (unpaired) electrons. The van der Waals surface area contributed by atoms with Gasteiger partial charge in [-0.3, -0.25) is 0 Å². The zero-order valence-corrected chi connectivity index (χ0v) is 7.39. The van der Waals surface area contributed by atoms with Crippen LogP contribution in [-0.4, -0.2) is 25.3 Å². The van der Waals surface area contributed by atoms with Crippen LogP contribution < -0.4 is 10.6 Å². The van der Waals surface area contributed by atoms with Crippen LogP contribution in [0, 0.1) is 0 Å². The molecule has 0 bridgehead atoms. The van der Waals surface area contributed by atoms with Gasteiger partial charge in [-0.1, -0.05) is 0 Å². The molecule has 0 aromatic rings. The summed E-state index contributed by atoms with van der Waals surface area (Å²) in [4.78, 5) is 0. The maximum Gasteiger partial charge on any atom is 0.321 e. The second-order valence-electron chi connectivity index (χ2n) is 3.19. The number of ether oxygens (including phenoxy) is 2. The van der Waals surface area contributed by atoms with Crippen molar-refractivity contribution in [3.63, 3.8) is 0 Å². The summed E-state index contributed by atoms with van der Waals surface area (Å²) in [5, 5.41) is 6.48. The molecule has 2 unspecified atom stereocenters. The molecule has 12 heavy (non-hydrogen) atoms. The molecule has 0 saturated carbocycles. The Morgan fingerprint density at radius 1 is 1.42 bits per heavy atom. The fraction of sp³-hybridized carbons (Fsp3) is 0.750. The van der Waals surface area contributed by atoms with Crippen LogP contribution in [0.3, 0.4) is 0 Å². The Kier molecular flexibility index (Phi) is 1.75. The molecule has 0 aromatic heterocycles. The molecule has 4 heteroatoms. The first-order chi connectivity index (χ1) is 5.77. The smallest absolute Gasteiger partial charge is 0.321 e. The number of nitrogens with one attached hydrogen (secondary N) is 2. The number of hydrogen-bond acceptors (Lipinski definition) is 4. The van der Waals surface area contributed by atoms with E-state index in [0.29, 0.717) is 18.6 Å². The highest BCUT2D eigenvalue weighted by Crippen LogP contribution is 2.18. The highest BCUT2D eigenvalue weighted by Gasteiger charge is 2.27. The van der Waals surface area contributed by atoms with E-state index < -0.39 is 0 Å². The number of hydrogen-bond donors (Lipinski definition) is 2. The van der Waals surface area contributed by atoms with E-state index >= 15 is 0 Å². The molecule has 2 rings (SSSR count). The van der Waals surface area contributed by atoms with Gasteiger partial charge in [0.1, 0.15) is 12.7 Å². The summed E-state index contributed by atoms with van der Waals surface area (Å²) in [6.45, 7) is 5.64. The predicted octanol–water partition coefficient (Wildman–Crippen LogP) is 0.130. The Balaban J connectivity index is 2.15. The molecule has 0 aromatic carbocycles. The normalized spacial score (nSPS) is 33.8. The molecule has 2 aliphatic heterocycles. The Morgan fingerprint density at radius 2 is 2.25 bits per heavy atom. The van der Waals surface area contributed by atoms with Crippen LogP contribution in [-0.2, 0) is 9.47 Å². The van der Waals surface area contributed by atoms with E-state index in [4.69, 9.17) is 9.47 Å². The molecule has 4 nitrogen and oxygen atoms in total. The third-order valence-electron chi connectivity index (χ3n) is 2.21. The Hall–Kier alpha value is -1.06. The maximum absolute atomic E-state index is 5.53. The van der Waals surface area contributed by atoms with Crippen molar-refractivity contribution in [2.45, 2.75) is 26.0 Å². The summed E-state index contributed by atoms with van der Waals surface area (Å²) in [7, 11) is 0. The van der Waals surface area contributed by atoms with Gasteiger partial charge in [0, 0.05) is 0 Å². The molecule has 0 amide bonds. The van der Waals surface area contributed by atoms with E-state index in [9.17, 15) is 0 Å². The Morgan fingerprint density at radius 3 is 3.08 bits per heavy atom. The first-order valence-corrected chi connectivity index (χ1v) is 4.31. The lowest BCUT2D eigenvalue weighted by Crippen LogP contribution is -2.48. The van der Waals surface area contributed by atoms with Gasteiger partial charge < -0.3 is 20.1 Å². The van der Waals surface area contributed by atoms with Gasteiger partial charge in [0.15, 0.2) is 5.82 Å². The van der Waals surface area contributed by atoms with Crippen molar-refractivity contribution >= 4 is 0 Å². The summed E-state index contributed by atoms with van der Waals surface area (Å²) in [5.74, 6) is 1.51. The van der Waals surface area contributed by atoms with E-state index in [-0.39, 0.29) is 6.10 Å². The molecule has 0 fully saturated rings. The quantitative estimate of drug-likeness (QED) is 0.542. The lowest BCUT2D eigenvalue weighted by atomic mass is 10.2. The Labute approximate surface area is 71.9 Å². The molecule has 2 N–H and O–H groups in total. The summed E-state index contributed by atoms with van der Waals surface area (Å²) in [5.41, 5.74) is 0. The van der Waals surface area contributed by atoms with Gasteiger partial charge in [-0.05, 0) is 13.8 Å². The number of rotatable bonds is 0.